The number of nitrogens with zero attached hydrogens (tertiary/aromatic N) is 1. The Labute approximate surface area is 108 Å². The molecule has 0 aliphatic heterocycles. The van der Waals surface area contributed by atoms with Gasteiger partial charge in [0.25, 0.3) is 0 Å². The number of H-pyrrole nitrogens is 1. The van der Waals surface area contributed by atoms with Crippen molar-refractivity contribution in [3.05, 3.63) is 47.2 Å². The van der Waals surface area contributed by atoms with Gasteiger partial charge in [-0.15, -0.1) is 0 Å². The van der Waals surface area contributed by atoms with Crippen molar-refractivity contribution in [3.63, 3.8) is 0 Å². The highest BCUT2D eigenvalue weighted by molar-refractivity contribution is 5.98. The summed E-state index contributed by atoms with van der Waals surface area (Å²) >= 11 is 0. The van der Waals surface area contributed by atoms with Crippen molar-refractivity contribution in [1.82, 2.24) is 10.2 Å². The topological polar surface area (TPSA) is 95.1 Å². The van der Waals surface area contributed by atoms with Gasteiger partial charge in [-0.3, -0.25) is 9.89 Å². The van der Waals surface area contributed by atoms with Crippen molar-refractivity contribution in [2.45, 2.75) is 12.3 Å². The van der Waals surface area contributed by atoms with Crippen LogP contribution in [0.5, 0.6) is 0 Å². The maximum absolute atomic E-state index is 12.0. The highest BCUT2D eigenvalue weighted by Gasteiger charge is 2.32. The van der Waals surface area contributed by atoms with Gasteiger partial charge in [-0.25, -0.2) is 4.79 Å². The van der Waals surface area contributed by atoms with E-state index in [0.29, 0.717) is 6.42 Å². The largest absolute Gasteiger partial charge is 0.477 e. The molecule has 0 bridgehead atoms. The van der Waals surface area contributed by atoms with Crippen molar-refractivity contribution in [3.8, 4) is 0 Å². The van der Waals surface area contributed by atoms with Crippen LogP contribution in [-0.4, -0.2) is 27.2 Å². The lowest BCUT2D eigenvalue weighted by atomic mass is 9.77. The fraction of sp³-hybridized carbons (Fsp3) is 0.154. The van der Waals surface area contributed by atoms with E-state index in [-0.39, 0.29) is 23.3 Å². The second-order valence-electron chi connectivity index (χ2n) is 4.42. The molecule has 3 N–H and O–H groups in total. The Morgan fingerprint density at radius 1 is 1.37 bits per heavy atom. The fourth-order valence-corrected chi connectivity index (χ4v) is 2.20. The predicted octanol–water partition coefficient (Wildman–Crippen LogP) is 1.39. The number of aromatic carboxylic acids is 1. The molecule has 0 fully saturated rings. The van der Waals surface area contributed by atoms with E-state index in [1.807, 2.05) is 24.3 Å². The predicted molar refractivity (Wildman–Crippen MR) is 67.1 cm³/mol. The Hall–Kier alpha value is -2.63. The summed E-state index contributed by atoms with van der Waals surface area (Å²) < 4.78 is 0. The average molecular weight is 257 g/mol. The van der Waals surface area contributed by atoms with Gasteiger partial charge in [0, 0.05) is 6.07 Å². The summed E-state index contributed by atoms with van der Waals surface area (Å²) in [6.07, 6.45) is 0.707. The molecule has 2 aromatic rings. The molecule has 19 heavy (non-hydrogen) atoms. The zero-order chi connectivity index (χ0) is 13.4. The maximum atomic E-state index is 12.0. The Kier molecular flexibility index (Phi) is 2.56. The van der Waals surface area contributed by atoms with Crippen molar-refractivity contribution in [2.75, 3.05) is 5.32 Å². The van der Waals surface area contributed by atoms with E-state index in [2.05, 4.69) is 15.5 Å². The molecule has 1 aliphatic rings. The normalized spacial score (nSPS) is 16.3. The van der Waals surface area contributed by atoms with Crippen LogP contribution < -0.4 is 5.32 Å². The molecule has 1 aliphatic carbocycles. The number of hydrogen-bond acceptors (Lipinski definition) is 3. The average Bonchev–Trinajstić information content (AvgIpc) is 2.79. The van der Waals surface area contributed by atoms with E-state index in [1.54, 1.807) is 0 Å². The molecule has 1 unspecified atom stereocenters. The van der Waals surface area contributed by atoms with Crippen LogP contribution in [0.15, 0.2) is 30.3 Å². The molecule has 0 saturated heterocycles. The number of nitrogens with one attached hydrogen (secondary N) is 2. The Balaban J connectivity index is 1.71. The van der Waals surface area contributed by atoms with Gasteiger partial charge in [-0.1, -0.05) is 24.3 Å². The number of carbonyl (C=O) groups is 2. The van der Waals surface area contributed by atoms with Gasteiger partial charge in [-0.05, 0) is 17.5 Å². The van der Waals surface area contributed by atoms with Crippen LogP contribution >= 0.6 is 0 Å². The van der Waals surface area contributed by atoms with Crippen LogP contribution in [0.1, 0.15) is 27.5 Å². The van der Waals surface area contributed by atoms with Crippen molar-refractivity contribution < 1.29 is 14.7 Å². The van der Waals surface area contributed by atoms with Gasteiger partial charge < -0.3 is 10.4 Å². The van der Waals surface area contributed by atoms with Crippen molar-refractivity contribution >= 4 is 17.7 Å². The van der Waals surface area contributed by atoms with Gasteiger partial charge >= 0.3 is 5.97 Å². The lowest BCUT2D eigenvalue weighted by molar-refractivity contribution is -0.118. The zero-order valence-corrected chi connectivity index (χ0v) is 9.88. The molecule has 1 heterocycles. The van der Waals surface area contributed by atoms with Gasteiger partial charge in [0.05, 0.1) is 5.92 Å². The van der Waals surface area contributed by atoms with E-state index >= 15 is 0 Å². The minimum Gasteiger partial charge on any atom is -0.477 e. The molecule has 1 aromatic heterocycles. The first-order valence-corrected chi connectivity index (χ1v) is 5.82. The third kappa shape index (κ3) is 1.97. The number of rotatable bonds is 3. The molecular weight excluding hydrogens is 246 g/mol. The Bertz CT molecular complexity index is 663. The summed E-state index contributed by atoms with van der Waals surface area (Å²) in [6, 6.07) is 9.06. The summed E-state index contributed by atoms with van der Waals surface area (Å²) in [7, 11) is 0. The Morgan fingerprint density at radius 3 is 2.84 bits per heavy atom. The van der Waals surface area contributed by atoms with E-state index in [4.69, 9.17) is 5.11 Å². The number of carboxylic acids is 1. The van der Waals surface area contributed by atoms with E-state index < -0.39 is 5.97 Å². The van der Waals surface area contributed by atoms with Gasteiger partial charge in [0.15, 0.2) is 5.82 Å². The number of carboxylic acid groups (broad SMARTS) is 1. The number of aromatic amines is 1. The fourth-order valence-electron chi connectivity index (χ4n) is 2.20. The van der Waals surface area contributed by atoms with Crippen molar-refractivity contribution in [1.29, 1.82) is 0 Å². The van der Waals surface area contributed by atoms with Crippen LogP contribution in [0.4, 0.5) is 5.82 Å². The smallest absolute Gasteiger partial charge is 0.353 e. The highest BCUT2D eigenvalue weighted by atomic mass is 16.4. The van der Waals surface area contributed by atoms with Crippen LogP contribution in [0.3, 0.4) is 0 Å². The summed E-state index contributed by atoms with van der Waals surface area (Å²) in [5.74, 6) is -1.22. The second kappa shape index (κ2) is 4.24. The molecule has 0 saturated carbocycles. The van der Waals surface area contributed by atoms with Gasteiger partial charge in [0.1, 0.15) is 5.69 Å². The van der Waals surface area contributed by atoms with Crippen LogP contribution in [-0.2, 0) is 11.2 Å². The minimum absolute atomic E-state index is 0.0516. The summed E-state index contributed by atoms with van der Waals surface area (Å²) in [4.78, 5) is 22.7. The molecule has 0 spiro atoms. The number of fused-ring (bicyclic) bond motifs is 1. The third-order valence-corrected chi connectivity index (χ3v) is 3.23. The number of aromatic nitrogens is 2. The lowest BCUT2D eigenvalue weighted by Crippen LogP contribution is -2.30. The van der Waals surface area contributed by atoms with Gasteiger partial charge in [-0.2, -0.15) is 5.10 Å². The lowest BCUT2D eigenvalue weighted by Gasteiger charge is -2.28. The first-order valence-electron chi connectivity index (χ1n) is 5.82. The number of amides is 1. The van der Waals surface area contributed by atoms with E-state index in [9.17, 15) is 9.59 Å². The first-order chi connectivity index (χ1) is 9.15. The van der Waals surface area contributed by atoms with Crippen molar-refractivity contribution in [2.24, 2.45) is 0 Å². The van der Waals surface area contributed by atoms with Crippen LogP contribution in [0.25, 0.3) is 0 Å². The van der Waals surface area contributed by atoms with E-state index in [1.165, 1.54) is 11.6 Å². The van der Waals surface area contributed by atoms with Crippen LogP contribution in [0.2, 0.25) is 0 Å². The highest BCUT2D eigenvalue weighted by Crippen LogP contribution is 2.35. The Morgan fingerprint density at radius 2 is 2.16 bits per heavy atom. The monoisotopic (exact) mass is 257 g/mol. The quantitative estimate of drug-likeness (QED) is 0.774. The summed E-state index contributed by atoms with van der Waals surface area (Å²) in [5, 5.41) is 17.4. The number of carbonyl (C=O) groups excluding carboxylic acids is 1. The molecule has 6 heteroatoms. The zero-order valence-electron chi connectivity index (χ0n) is 9.88. The summed E-state index contributed by atoms with van der Waals surface area (Å²) in [6.45, 7) is 0. The number of hydrogen-bond donors (Lipinski definition) is 3. The SMILES string of the molecule is O=C(O)c1cc(NC(=O)C2Cc3ccccc32)n[nH]1. The summed E-state index contributed by atoms with van der Waals surface area (Å²) in [5.41, 5.74) is 2.15. The molecule has 0 radical (unpaired) electrons. The molecule has 3 rings (SSSR count). The van der Waals surface area contributed by atoms with E-state index in [0.717, 1.165) is 5.56 Å². The molecule has 1 amide bonds. The molecule has 1 atom stereocenters. The molecule has 6 nitrogen and oxygen atoms in total. The third-order valence-electron chi connectivity index (χ3n) is 3.23. The number of benzene rings is 1. The van der Waals surface area contributed by atoms with Gasteiger partial charge in [0.2, 0.25) is 5.91 Å². The molecule has 96 valence electrons. The first kappa shape index (κ1) is 11.5. The molecular formula is C13H11N3O3. The maximum Gasteiger partial charge on any atom is 0.353 e. The molecule has 1 aromatic carbocycles. The minimum atomic E-state index is -1.11. The van der Waals surface area contributed by atoms with Crippen LogP contribution in [0, 0.1) is 0 Å². The second-order valence-corrected chi connectivity index (χ2v) is 4.42. The standard InChI is InChI=1S/C13H11N3O3/c17-12(9-5-7-3-1-2-4-8(7)9)14-11-6-10(13(18)19)15-16-11/h1-4,6,9H,5H2,(H,18,19)(H2,14,15,16,17). The number of anilines is 1.